The van der Waals surface area contributed by atoms with Crippen molar-refractivity contribution in [1.29, 1.82) is 0 Å². The van der Waals surface area contributed by atoms with E-state index in [1.54, 1.807) is 6.92 Å². The van der Waals surface area contributed by atoms with Gasteiger partial charge in [0, 0.05) is 17.8 Å². The Hall–Kier alpha value is -1.89. The highest BCUT2D eigenvalue weighted by atomic mass is 32.1. The van der Waals surface area contributed by atoms with Crippen LogP contribution >= 0.6 is 11.3 Å². The molecule has 0 unspecified atom stereocenters. The van der Waals surface area contributed by atoms with Crippen LogP contribution in [0, 0.1) is 19.8 Å². The number of carbonyl (C=O) groups excluding carboxylic acids is 3. The number of thiophene rings is 1. The molecule has 0 aromatic carbocycles. The number of hydrogen-bond donors (Lipinski definition) is 2. The van der Waals surface area contributed by atoms with Crippen LogP contribution in [0.4, 0.5) is 5.00 Å². The van der Waals surface area contributed by atoms with E-state index >= 15 is 0 Å². The molecule has 0 aliphatic heterocycles. The first-order valence-electron chi connectivity index (χ1n) is 7.47. The van der Waals surface area contributed by atoms with Gasteiger partial charge < -0.3 is 15.4 Å². The summed E-state index contributed by atoms with van der Waals surface area (Å²) in [6.45, 7) is 10.6. The van der Waals surface area contributed by atoms with E-state index in [1.807, 2.05) is 27.7 Å². The highest BCUT2D eigenvalue weighted by Crippen LogP contribution is 2.32. The first-order chi connectivity index (χ1) is 10.6. The van der Waals surface area contributed by atoms with Crippen LogP contribution in [0.1, 0.15) is 48.5 Å². The Bertz CT molecular complexity index is 607. The van der Waals surface area contributed by atoms with Gasteiger partial charge in [-0.05, 0) is 32.3 Å². The Morgan fingerprint density at radius 3 is 2.30 bits per heavy atom. The van der Waals surface area contributed by atoms with Crippen LogP contribution in [-0.2, 0) is 14.3 Å². The Kier molecular flexibility index (Phi) is 6.75. The van der Waals surface area contributed by atoms with Crippen LogP contribution < -0.4 is 10.6 Å². The third kappa shape index (κ3) is 5.35. The molecule has 0 aliphatic carbocycles. The lowest BCUT2D eigenvalue weighted by Crippen LogP contribution is -2.38. The first kappa shape index (κ1) is 19.2. The highest BCUT2D eigenvalue weighted by molar-refractivity contribution is 7.16. The normalized spacial score (nSPS) is 12.0. The van der Waals surface area contributed by atoms with Crippen LogP contribution in [0.15, 0.2) is 0 Å². The number of anilines is 1. The second kappa shape index (κ2) is 8.10. The molecule has 23 heavy (non-hydrogen) atoms. The predicted molar refractivity (Wildman–Crippen MR) is 90.8 cm³/mol. The van der Waals surface area contributed by atoms with Crippen molar-refractivity contribution in [3.63, 3.8) is 0 Å². The number of rotatable bonds is 6. The van der Waals surface area contributed by atoms with Crippen molar-refractivity contribution in [2.75, 3.05) is 11.9 Å². The summed E-state index contributed by atoms with van der Waals surface area (Å²) in [6, 6.07) is 0.00118. The van der Waals surface area contributed by atoms with Crippen LogP contribution in [0.2, 0.25) is 0 Å². The van der Waals surface area contributed by atoms with Gasteiger partial charge in [0.05, 0.1) is 5.56 Å². The highest BCUT2D eigenvalue weighted by Gasteiger charge is 2.22. The molecule has 2 N–H and O–H groups in total. The van der Waals surface area contributed by atoms with Crippen molar-refractivity contribution in [2.45, 2.75) is 47.6 Å². The second-order valence-electron chi connectivity index (χ2n) is 5.84. The number of hydrogen-bond acceptors (Lipinski definition) is 5. The summed E-state index contributed by atoms with van der Waals surface area (Å²) in [5.74, 6) is -0.917. The molecule has 2 amide bonds. The summed E-state index contributed by atoms with van der Waals surface area (Å²) in [5.41, 5.74) is 1.06. The fourth-order valence-electron chi connectivity index (χ4n) is 1.79. The number of aryl methyl sites for hydroxylation is 1. The first-order valence-corrected chi connectivity index (χ1v) is 8.29. The van der Waals surface area contributed by atoms with E-state index in [1.165, 1.54) is 18.3 Å². The molecule has 0 fully saturated rings. The van der Waals surface area contributed by atoms with Crippen molar-refractivity contribution >= 4 is 34.1 Å². The Morgan fingerprint density at radius 1 is 1.17 bits per heavy atom. The molecule has 128 valence electrons. The molecule has 0 bridgehead atoms. The minimum absolute atomic E-state index is 0.00118. The van der Waals surface area contributed by atoms with Gasteiger partial charge in [-0.2, -0.15) is 0 Å². The van der Waals surface area contributed by atoms with E-state index in [4.69, 9.17) is 4.74 Å². The van der Waals surface area contributed by atoms with Gasteiger partial charge in [0.1, 0.15) is 5.00 Å². The van der Waals surface area contributed by atoms with E-state index in [9.17, 15) is 14.4 Å². The maximum absolute atomic E-state index is 12.3. The lowest BCUT2D eigenvalue weighted by Gasteiger charge is -2.17. The molecule has 1 rings (SSSR count). The summed E-state index contributed by atoms with van der Waals surface area (Å²) in [4.78, 5) is 36.2. The number of nitrogens with one attached hydrogen (secondary N) is 2. The van der Waals surface area contributed by atoms with Gasteiger partial charge in [0.15, 0.2) is 6.61 Å². The molecule has 6 nitrogen and oxygen atoms in total. The fraction of sp³-hybridized carbons (Fsp3) is 0.562. The van der Waals surface area contributed by atoms with Crippen molar-refractivity contribution in [3.8, 4) is 0 Å². The van der Waals surface area contributed by atoms with Gasteiger partial charge in [0.2, 0.25) is 5.91 Å². The van der Waals surface area contributed by atoms with Crippen LogP contribution in [0.5, 0.6) is 0 Å². The van der Waals surface area contributed by atoms with Gasteiger partial charge in [-0.3, -0.25) is 9.59 Å². The average molecular weight is 340 g/mol. The molecule has 1 aromatic rings. The second-order valence-corrected chi connectivity index (χ2v) is 7.07. The Labute approximate surface area is 140 Å². The molecule has 1 heterocycles. The summed E-state index contributed by atoms with van der Waals surface area (Å²) in [5, 5.41) is 5.85. The van der Waals surface area contributed by atoms with Crippen LogP contribution in [0.25, 0.3) is 0 Å². The zero-order chi connectivity index (χ0) is 17.7. The molecule has 1 aromatic heterocycles. The van der Waals surface area contributed by atoms with Gasteiger partial charge >= 0.3 is 5.97 Å². The van der Waals surface area contributed by atoms with Crippen molar-refractivity contribution in [2.24, 2.45) is 5.92 Å². The Morgan fingerprint density at radius 2 is 1.78 bits per heavy atom. The van der Waals surface area contributed by atoms with E-state index in [2.05, 4.69) is 10.6 Å². The average Bonchev–Trinajstić information content (AvgIpc) is 2.70. The molecule has 0 saturated heterocycles. The number of esters is 1. The lowest BCUT2D eigenvalue weighted by molar-refractivity contribution is -0.125. The number of ether oxygens (including phenoxy) is 1. The topological polar surface area (TPSA) is 84.5 Å². The summed E-state index contributed by atoms with van der Waals surface area (Å²) in [6.07, 6.45) is 0. The largest absolute Gasteiger partial charge is 0.452 e. The quantitative estimate of drug-likeness (QED) is 0.780. The SMILES string of the molecule is CC(=O)Nc1sc(C)c(C)c1C(=O)OCC(=O)N[C@H](C)C(C)C. The minimum Gasteiger partial charge on any atom is -0.452 e. The zero-order valence-electron chi connectivity index (χ0n) is 14.4. The monoisotopic (exact) mass is 340 g/mol. The zero-order valence-corrected chi connectivity index (χ0v) is 15.2. The van der Waals surface area contributed by atoms with Crippen molar-refractivity contribution in [1.82, 2.24) is 5.32 Å². The van der Waals surface area contributed by atoms with E-state index in [0.29, 0.717) is 16.5 Å². The summed E-state index contributed by atoms with van der Waals surface area (Å²) >= 11 is 1.31. The molecular weight excluding hydrogens is 316 g/mol. The molecule has 7 heteroatoms. The van der Waals surface area contributed by atoms with Gasteiger partial charge in [-0.15, -0.1) is 11.3 Å². The fourth-order valence-corrected chi connectivity index (χ4v) is 2.88. The minimum atomic E-state index is -0.608. The van der Waals surface area contributed by atoms with E-state index in [0.717, 1.165) is 10.4 Å². The Balaban J connectivity index is 2.75. The number of carbonyl (C=O) groups is 3. The van der Waals surface area contributed by atoms with E-state index < -0.39 is 5.97 Å². The van der Waals surface area contributed by atoms with Gasteiger partial charge in [-0.1, -0.05) is 13.8 Å². The smallest absolute Gasteiger partial charge is 0.341 e. The maximum Gasteiger partial charge on any atom is 0.341 e. The summed E-state index contributed by atoms with van der Waals surface area (Å²) < 4.78 is 5.09. The van der Waals surface area contributed by atoms with Gasteiger partial charge in [0.25, 0.3) is 5.91 Å². The third-order valence-corrected chi connectivity index (χ3v) is 4.72. The van der Waals surface area contributed by atoms with Crippen molar-refractivity contribution in [3.05, 3.63) is 16.0 Å². The molecule has 0 aliphatic rings. The van der Waals surface area contributed by atoms with E-state index in [-0.39, 0.29) is 24.5 Å². The standard InChI is InChI=1S/C16H24N2O4S/c1-8(2)10(4)17-13(20)7-22-16(21)14-9(3)11(5)23-15(14)18-12(6)19/h8,10H,7H2,1-6H3,(H,17,20)(H,18,19)/t10-/m1/s1. The molecular formula is C16H24N2O4S. The predicted octanol–water partition coefficient (Wildman–Crippen LogP) is 2.64. The molecule has 0 radical (unpaired) electrons. The molecule has 0 saturated carbocycles. The maximum atomic E-state index is 12.3. The van der Waals surface area contributed by atoms with Gasteiger partial charge in [-0.25, -0.2) is 4.79 Å². The molecule has 1 atom stereocenters. The number of amides is 2. The summed E-state index contributed by atoms with van der Waals surface area (Å²) in [7, 11) is 0. The molecule has 0 spiro atoms. The third-order valence-electron chi connectivity index (χ3n) is 3.60. The lowest BCUT2D eigenvalue weighted by atomic mass is 10.1. The van der Waals surface area contributed by atoms with Crippen molar-refractivity contribution < 1.29 is 19.1 Å². The van der Waals surface area contributed by atoms with Crippen LogP contribution in [-0.4, -0.2) is 30.4 Å². The van der Waals surface area contributed by atoms with Crippen LogP contribution in [0.3, 0.4) is 0 Å².